The molecule has 0 atom stereocenters. The van der Waals surface area contributed by atoms with Crippen LogP contribution < -0.4 is 0 Å². The molecule has 0 aromatic carbocycles. The van der Waals surface area contributed by atoms with Crippen molar-refractivity contribution in [2.24, 2.45) is 0 Å². The summed E-state index contributed by atoms with van der Waals surface area (Å²) in [5.41, 5.74) is 1.10. The van der Waals surface area contributed by atoms with E-state index < -0.39 is 10.0 Å². The summed E-state index contributed by atoms with van der Waals surface area (Å²) in [4.78, 5) is 3.86. The third kappa shape index (κ3) is 3.24. The zero-order valence-electron chi connectivity index (χ0n) is 10.4. The van der Waals surface area contributed by atoms with Gasteiger partial charge in [-0.2, -0.15) is 9.57 Å². The van der Waals surface area contributed by atoms with Crippen molar-refractivity contribution in [3.63, 3.8) is 0 Å². The molecule has 0 saturated carbocycles. The molecule has 0 unspecified atom stereocenters. The molecule has 2 heterocycles. The number of nitrogens with zero attached hydrogens (tertiary/aromatic N) is 3. The van der Waals surface area contributed by atoms with Crippen molar-refractivity contribution in [1.82, 2.24) is 9.29 Å². The van der Waals surface area contributed by atoms with E-state index >= 15 is 0 Å². The highest BCUT2D eigenvalue weighted by atomic mass is 79.9. The van der Waals surface area contributed by atoms with Crippen LogP contribution in [0.2, 0.25) is 0 Å². The Balaban J connectivity index is 2.22. The van der Waals surface area contributed by atoms with Crippen molar-refractivity contribution < 1.29 is 8.42 Å². The number of thiophene rings is 1. The lowest BCUT2D eigenvalue weighted by Gasteiger charge is -2.16. The number of rotatable bonds is 4. The van der Waals surface area contributed by atoms with Gasteiger partial charge in [0.15, 0.2) is 0 Å². The first kappa shape index (κ1) is 15.1. The first-order valence-electron chi connectivity index (χ1n) is 5.49. The fraction of sp³-hybridized carbons (Fsp3) is 0.167. The molecule has 0 aliphatic carbocycles. The molecule has 0 fully saturated rings. The highest BCUT2D eigenvalue weighted by molar-refractivity contribution is 9.11. The van der Waals surface area contributed by atoms with Gasteiger partial charge in [0.05, 0.1) is 3.79 Å². The maximum Gasteiger partial charge on any atom is 0.244 e. The molecule has 2 aromatic rings. The number of aromatic nitrogens is 1. The van der Waals surface area contributed by atoms with Gasteiger partial charge in [-0.15, -0.1) is 11.3 Å². The fourth-order valence-corrected chi connectivity index (χ4v) is 3.85. The van der Waals surface area contributed by atoms with Gasteiger partial charge in [0.2, 0.25) is 10.0 Å². The van der Waals surface area contributed by atoms with Crippen LogP contribution in [0.3, 0.4) is 0 Å². The van der Waals surface area contributed by atoms with Crippen LogP contribution in [-0.4, -0.2) is 24.8 Å². The maximum absolute atomic E-state index is 12.3. The van der Waals surface area contributed by atoms with Crippen LogP contribution in [0.4, 0.5) is 0 Å². The molecule has 0 aliphatic rings. The topological polar surface area (TPSA) is 74.1 Å². The minimum absolute atomic E-state index is 0.0771. The van der Waals surface area contributed by atoms with Crippen molar-refractivity contribution in [3.05, 3.63) is 44.8 Å². The molecule has 5 nitrogen and oxygen atoms in total. The largest absolute Gasteiger partial charge is 0.244 e. The highest BCUT2D eigenvalue weighted by Crippen LogP contribution is 2.23. The lowest BCUT2D eigenvalue weighted by atomic mass is 10.3. The quantitative estimate of drug-likeness (QED) is 0.827. The fourth-order valence-electron chi connectivity index (χ4n) is 1.55. The molecular formula is C12H10BrN3O2S2. The molecule has 0 radical (unpaired) electrons. The van der Waals surface area contributed by atoms with Gasteiger partial charge in [0.1, 0.15) is 16.7 Å². The summed E-state index contributed by atoms with van der Waals surface area (Å²) in [6, 6.07) is 6.52. The summed E-state index contributed by atoms with van der Waals surface area (Å²) in [5, 5.41) is 10.6. The van der Waals surface area contributed by atoms with Crippen molar-refractivity contribution in [2.45, 2.75) is 11.4 Å². The molecule has 8 heteroatoms. The van der Waals surface area contributed by atoms with Gasteiger partial charge in [-0.25, -0.2) is 13.4 Å². The summed E-state index contributed by atoms with van der Waals surface area (Å²) < 4.78 is 26.9. The van der Waals surface area contributed by atoms with Gasteiger partial charge in [-0.05, 0) is 45.1 Å². The van der Waals surface area contributed by atoms with E-state index in [9.17, 15) is 8.42 Å². The van der Waals surface area contributed by atoms with Crippen molar-refractivity contribution >= 4 is 37.3 Å². The smallest absolute Gasteiger partial charge is 0.244 e. The van der Waals surface area contributed by atoms with E-state index in [4.69, 9.17) is 5.26 Å². The molecule has 20 heavy (non-hydrogen) atoms. The molecule has 104 valence electrons. The zero-order valence-corrected chi connectivity index (χ0v) is 13.7. The van der Waals surface area contributed by atoms with Crippen LogP contribution in [0.5, 0.6) is 0 Å². The van der Waals surface area contributed by atoms with E-state index in [1.165, 1.54) is 41.0 Å². The Morgan fingerprint density at radius 2 is 2.25 bits per heavy atom. The normalized spacial score (nSPS) is 11.5. The molecule has 2 rings (SSSR count). The number of hydrogen-bond acceptors (Lipinski definition) is 5. The van der Waals surface area contributed by atoms with Gasteiger partial charge < -0.3 is 0 Å². The van der Waals surface area contributed by atoms with Crippen LogP contribution in [0.1, 0.15) is 11.3 Å². The van der Waals surface area contributed by atoms with Gasteiger partial charge in [0, 0.05) is 19.8 Å². The summed E-state index contributed by atoms with van der Waals surface area (Å²) in [5.74, 6) is 0. The Kier molecular flexibility index (Phi) is 4.55. The van der Waals surface area contributed by atoms with E-state index in [-0.39, 0.29) is 17.1 Å². The predicted octanol–water partition coefficient (Wildman–Crippen LogP) is 2.60. The minimum Gasteiger partial charge on any atom is -0.244 e. The van der Waals surface area contributed by atoms with Crippen molar-refractivity contribution in [3.8, 4) is 6.07 Å². The van der Waals surface area contributed by atoms with Crippen LogP contribution in [0.25, 0.3) is 0 Å². The van der Waals surface area contributed by atoms with Gasteiger partial charge in [-0.1, -0.05) is 0 Å². The van der Waals surface area contributed by atoms with E-state index in [0.29, 0.717) is 0 Å². The predicted molar refractivity (Wildman–Crippen MR) is 79.6 cm³/mol. The van der Waals surface area contributed by atoms with Gasteiger partial charge in [-0.3, -0.25) is 0 Å². The number of sulfonamides is 1. The zero-order chi connectivity index (χ0) is 14.8. The Bertz CT molecular complexity index is 748. The SMILES string of the molecule is CN(Cc1csc(Br)c1)S(=O)(=O)c1ccc(C#N)nc1. The van der Waals surface area contributed by atoms with E-state index in [1.807, 2.05) is 17.5 Å². The summed E-state index contributed by atoms with van der Waals surface area (Å²) >= 11 is 4.85. The van der Waals surface area contributed by atoms with Crippen LogP contribution in [0, 0.1) is 11.3 Å². The van der Waals surface area contributed by atoms with Crippen molar-refractivity contribution in [2.75, 3.05) is 7.05 Å². The Labute approximate surface area is 129 Å². The molecule has 0 N–H and O–H groups in total. The summed E-state index contributed by atoms with van der Waals surface area (Å²) in [7, 11) is -2.09. The lowest BCUT2D eigenvalue weighted by Crippen LogP contribution is -2.26. The third-order valence-corrected chi connectivity index (χ3v) is 5.93. The molecule has 2 aromatic heterocycles. The van der Waals surface area contributed by atoms with Crippen molar-refractivity contribution in [1.29, 1.82) is 5.26 Å². The molecule has 0 saturated heterocycles. The van der Waals surface area contributed by atoms with E-state index in [1.54, 1.807) is 0 Å². The Morgan fingerprint density at radius 1 is 1.50 bits per heavy atom. The van der Waals surface area contributed by atoms with Crippen LogP contribution in [-0.2, 0) is 16.6 Å². The number of halogens is 1. The Hall–Kier alpha value is -1.27. The second kappa shape index (κ2) is 6.01. The standard InChI is InChI=1S/C12H10BrN3O2S2/c1-16(7-9-4-12(13)19-8-9)20(17,18)11-3-2-10(5-14)15-6-11/h2-4,6,8H,7H2,1H3. The average molecular weight is 372 g/mol. The van der Waals surface area contributed by atoms with Crippen LogP contribution >= 0.6 is 27.3 Å². The molecule has 0 amide bonds. The monoisotopic (exact) mass is 371 g/mol. The first-order valence-corrected chi connectivity index (χ1v) is 8.60. The van der Waals surface area contributed by atoms with E-state index in [2.05, 4.69) is 20.9 Å². The molecule has 0 bridgehead atoms. The number of hydrogen-bond donors (Lipinski definition) is 0. The first-order chi connectivity index (χ1) is 9.43. The summed E-state index contributed by atoms with van der Waals surface area (Å²) in [6.07, 6.45) is 1.20. The number of nitriles is 1. The average Bonchev–Trinajstić information content (AvgIpc) is 2.84. The molecule has 0 aliphatic heterocycles. The second-order valence-electron chi connectivity index (χ2n) is 4.01. The minimum atomic E-state index is -3.60. The molecule has 0 spiro atoms. The summed E-state index contributed by atoms with van der Waals surface area (Å²) in [6.45, 7) is 0.282. The third-order valence-electron chi connectivity index (χ3n) is 2.59. The maximum atomic E-state index is 12.3. The van der Waals surface area contributed by atoms with Gasteiger partial charge in [0.25, 0.3) is 0 Å². The number of pyridine rings is 1. The second-order valence-corrected chi connectivity index (χ2v) is 8.35. The molecular weight excluding hydrogens is 362 g/mol. The van der Waals surface area contributed by atoms with Crippen LogP contribution in [0.15, 0.2) is 38.5 Å². The lowest BCUT2D eigenvalue weighted by molar-refractivity contribution is 0.467. The Morgan fingerprint density at radius 3 is 2.75 bits per heavy atom. The highest BCUT2D eigenvalue weighted by Gasteiger charge is 2.21. The van der Waals surface area contributed by atoms with Gasteiger partial charge >= 0.3 is 0 Å². The van der Waals surface area contributed by atoms with E-state index in [0.717, 1.165) is 9.35 Å².